The summed E-state index contributed by atoms with van der Waals surface area (Å²) in [6.07, 6.45) is 1.17. The lowest BCUT2D eigenvalue weighted by Crippen LogP contribution is -2.44. The predicted molar refractivity (Wildman–Crippen MR) is 89.1 cm³/mol. The molecule has 1 amide bonds. The van der Waals surface area contributed by atoms with Gasteiger partial charge in [0, 0.05) is 32.6 Å². The number of sulfonamides is 1. The summed E-state index contributed by atoms with van der Waals surface area (Å²) in [6, 6.07) is 3.77. The average molecular weight is 359 g/mol. The third kappa shape index (κ3) is 6.23. The molecule has 1 aromatic heterocycles. The first-order chi connectivity index (χ1) is 11.3. The maximum absolute atomic E-state index is 11.9. The van der Waals surface area contributed by atoms with Crippen molar-refractivity contribution in [2.45, 2.75) is 19.4 Å². The Morgan fingerprint density at radius 1 is 1.33 bits per heavy atom. The monoisotopic (exact) mass is 359 g/mol. The summed E-state index contributed by atoms with van der Waals surface area (Å²) < 4.78 is 35.4. The Labute approximate surface area is 142 Å². The van der Waals surface area contributed by atoms with Crippen LogP contribution < -0.4 is 10.0 Å². The van der Waals surface area contributed by atoms with E-state index in [1.807, 2.05) is 19.1 Å². The van der Waals surface area contributed by atoms with Gasteiger partial charge in [-0.1, -0.05) is 0 Å². The van der Waals surface area contributed by atoms with E-state index in [1.54, 1.807) is 0 Å². The van der Waals surface area contributed by atoms with Crippen LogP contribution in [0.1, 0.15) is 24.0 Å². The molecule has 0 bridgehead atoms. The molecular formula is C15H25N3O5S. The first-order valence-corrected chi connectivity index (χ1v) is 9.84. The van der Waals surface area contributed by atoms with Crippen LogP contribution in [-0.4, -0.2) is 64.9 Å². The van der Waals surface area contributed by atoms with Crippen molar-refractivity contribution in [2.24, 2.45) is 0 Å². The predicted octanol–water partition coefficient (Wildman–Crippen LogP) is 0.0168. The fourth-order valence-corrected chi connectivity index (χ4v) is 3.05. The van der Waals surface area contributed by atoms with Crippen LogP contribution in [0, 0.1) is 6.92 Å². The zero-order valence-electron chi connectivity index (χ0n) is 14.1. The van der Waals surface area contributed by atoms with Gasteiger partial charge >= 0.3 is 0 Å². The highest BCUT2D eigenvalue weighted by Crippen LogP contribution is 2.23. The molecule has 136 valence electrons. The molecule has 0 unspecified atom stereocenters. The molecule has 1 aliphatic heterocycles. The normalized spacial score (nSPS) is 17.6. The summed E-state index contributed by atoms with van der Waals surface area (Å²) in [6.45, 7) is 5.24. The number of carbonyl (C=O) groups is 1. The largest absolute Gasteiger partial charge is 0.465 e. The molecule has 8 nitrogen and oxygen atoms in total. The van der Waals surface area contributed by atoms with Gasteiger partial charge in [-0.25, -0.2) is 13.1 Å². The van der Waals surface area contributed by atoms with Gasteiger partial charge in [0.1, 0.15) is 11.5 Å². The van der Waals surface area contributed by atoms with Crippen molar-refractivity contribution in [3.05, 3.63) is 23.7 Å². The maximum Gasteiger partial charge on any atom is 0.221 e. The fourth-order valence-electron chi connectivity index (χ4n) is 2.58. The lowest BCUT2D eigenvalue weighted by molar-refractivity contribution is -0.121. The topological polar surface area (TPSA) is 101 Å². The minimum absolute atomic E-state index is 0.0607. The summed E-state index contributed by atoms with van der Waals surface area (Å²) in [7, 11) is -3.28. The Morgan fingerprint density at radius 2 is 2.04 bits per heavy atom. The van der Waals surface area contributed by atoms with Crippen LogP contribution in [-0.2, 0) is 19.6 Å². The van der Waals surface area contributed by atoms with Crippen LogP contribution in [0.4, 0.5) is 0 Å². The van der Waals surface area contributed by atoms with E-state index < -0.39 is 10.0 Å². The minimum Gasteiger partial charge on any atom is -0.465 e. The number of hydrogen-bond acceptors (Lipinski definition) is 6. The third-order valence-corrected chi connectivity index (χ3v) is 4.51. The van der Waals surface area contributed by atoms with Gasteiger partial charge in [0.15, 0.2) is 0 Å². The van der Waals surface area contributed by atoms with Gasteiger partial charge in [-0.15, -0.1) is 0 Å². The zero-order valence-corrected chi connectivity index (χ0v) is 14.9. The van der Waals surface area contributed by atoms with Gasteiger partial charge in [-0.3, -0.25) is 9.69 Å². The number of amides is 1. The lowest BCUT2D eigenvalue weighted by Gasteiger charge is -2.33. The molecule has 2 N–H and O–H groups in total. The van der Waals surface area contributed by atoms with Crippen LogP contribution >= 0.6 is 0 Å². The van der Waals surface area contributed by atoms with Gasteiger partial charge in [-0.05, 0) is 19.1 Å². The molecule has 2 heterocycles. The molecule has 0 saturated carbocycles. The second kappa shape index (κ2) is 8.61. The molecule has 1 atom stereocenters. The molecule has 1 aliphatic rings. The smallest absolute Gasteiger partial charge is 0.221 e. The Morgan fingerprint density at radius 3 is 2.62 bits per heavy atom. The standard InChI is InChI=1S/C15H25N3O5S/c1-12-3-4-14(23-12)13(18-7-9-22-10-8-18)11-16-15(19)5-6-17-24(2,20)21/h3-4,13,17H,5-11H2,1-2H3,(H,16,19)/t13-/m0/s1. The first kappa shape index (κ1) is 18.9. The van der Waals surface area contributed by atoms with E-state index in [9.17, 15) is 13.2 Å². The summed E-state index contributed by atoms with van der Waals surface area (Å²) in [5.41, 5.74) is 0. The highest BCUT2D eigenvalue weighted by Gasteiger charge is 2.25. The Balaban J connectivity index is 1.89. The lowest BCUT2D eigenvalue weighted by atomic mass is 10.1. The number of nitrogens with zero attached hydrogens (tertiary/aromatic N) is 1. The number of hydrogen-bond donors (Lipinski definition) is 2. The number of furan rings is 1. The molecule has 1 aromatic rings. The second-order valence-electron chi connectivity index (χ2n) is 5.83. The molecule has 0 aliphatic carbocycles. The maximum atomic E-state index is 11.9. The van der Waals surface area contributed by atoms with E-state index >= 15 is 0 Å². The van der Waals surface area contributed by atoms with E-state index in [0.717, 1.165) is 30.9 Å². The SMILES string of the molecule is Cc1ccc([C@H](CNC(=O)CCNS(C)(=O)=O)N2CCOCC2)o1. The Bertz CT molecular complexity index is 637. The molecule has 9 heteroatoms. The van der Waals surface area contributed by atoms with E-state index in [4.69, 9.17) is 9.15 Å². The number of nitrogens with one attached hydrogen (secondary N) is 2. The molecule has 0 spiro atoms. The van der Waals surface area contributed by atoms with Crippen molar-refractivity contribution in [2.75, 3.05) is 45.6 Å². The van der Waals surface area contributed by atoms with E-state index in [-0.39, 0.29) is 24.9 Å². The van der Waals surface area contributed by atoms with Crippen LogP contribution in [0.2, 0.25) is 0 Å². The second-order valence-corrected chi connectivity index (χ2v) is 7.67. The van der Waals surface area contributed by atoms with E-state index in [1.165, 1.54) is 0 Å². The molecule has 2 rings (SSSR count). The number of rotatable bonds is 8. The number of morpholine rings is 1. The van der Waals surface area contributed by atoms with Crippen molar-refractivity contribution in [1.29, 1.82) is 0 Å². The Hall–Kier alpha value is -1.42. The fraction of sp³-hybridized carbons (Fsp3) is 0.667. The molecular weight excluding hydrogens is 334 g/mol. The molecule has 24 heavy (non-hydrogen) atoms. The van der Waals surface area contributed by atoms with Gasteiger partial charge in [0.05, 0.1) is 25.5 Å². The van der Waals surface area contributed by atoms with Crippen LogP contribution in [0.15, 0.2) is 16.5 Å². The minimum atomic E-state index is -3.28. The third-order valence-electron chi connectivity index (χ3n) is 3.78. The highest BCUT2D eigenvalue weighted by molar-refractivity contribution is 7.88. The van der Waals surface area contributed by atoms with Crippen LogP contribution in [0.25, 0.3) is 0 Å². The first-order valence-electron chi connectivity index (χ1n) is 7.94. The highest BCUT2D eigenvalue weighted by atomic mass is 32.2. The van der Waals surface area contributed by atoms with Crippen molar-refractivity contribution >= 4 is 15.9 Å². The van der Waals surface area contributed by atoms with Gasteiger partial charge in [-0.2, -0.15) is 0 Å². The Kier molecular flexibility index (Phi) is 6.79. The number of ether oxygens (including phenoxy) is 1. The van der Waals surface area contributed by atoms with Crippen molar-refractivity contribution < 1.29 is 22.4 Å². The quantitative estimate of drug-likeness (QED) is 0.678. The van der Waals surface area contributed by atoms with E-state index in [0.29, 0.717) is 19.8 Å². The summed E-state index contributed by atoms with van der Waals surface area (Å²) in [4.78, 5) is 14.2. The van der Waals surface area contributed by atoms with Gasteiger partial charge in [0.2, 0.25) is 15.9 Å². The molecule has 1 saturated heterocycles. The zero-order chi connectivity index (χ0) is 17.6. The number of aryl methyl sites for hydroxylation is 1. The van der Waals surface area contributed by atoms with E-state index in [2.05, 4.69) is 14.9 Å². The van der Waals surface area contributed by atoms with Crippen molar-refractivity contribution in [1.82, 2.24) is 14.9 Å². The molecule has 0 radical (unpaired) electrons. The summed E-state index contributed by atoms with van der Waals surface area (Å²) in [5.74, 6) is 1.43. The average Bonchev–Trinajstić information content (AvgIpc) is 2.93. The summed E-state index contributed by atoms with van der Waals surface area (Å²) >= 11 is 0. The molecule has 1 fully saturated rings. The van der Waals surface area contributed by atoms with Gasteiger partial charge in [0.25, 0.3) is 0 Å². The van der Waals surface area contributed by atoms with Gasteiger partial charge < -0.3 is 14.5 Å². The molecule has 0 aromatic carbocycles. The van der Waals surface area contributed by atoms with Crippen LogP contribution in [0.3, 0.4) is 0 Å². The van der Waals surface area contributed by atoms with Crippen molar-refractivity contribution in [3.8, 4) is 0 Å². The van der Waals surface area contributed by atoms with Crippen LogP contribution in [0.5, 0.6) is 0 Å². The number of carbonyl (C=O) groups excluding carboxylic acids is 1. The summed E-state index contributed by atoms with van der Waals surface area (Å²) in [5, 5.41) is 2.86. The van der Waals surface area contributed by atoms with Crippen molar-refractivity contribution in [3.63, 3.8) is 0 Å².